The highest BCUT2D eigenvalue weighted by Crippen LogP contribution is 2.18. The molecule has 8 heteroatoms. The van der Waals surface area contributed by atoms with Crippen LogP contribution in [-0.2, 0) is 24.3 Å². The summed E-state index contributed by atoms with van der Waals surface area (Å²) in [7, 11) is -3.66. The van der Waals surface area contributed by atoms with E-state index in [1.807, 2.05) is 24.3 Å². The van der Waals surface area contributed by atoms with Gasteiger partial charge in [-0.2, -0.15) is 0 Å². The van der Waals surface area contributed by atoms with Crippen molar-refractivity contribution in [1.82, 2.24) is 10.0 Å². The third-order valence-electron chi connectivity index (χ3n) is 3.69. The fraction of sp³-hybridized carbons (Fsp3) is 0.368. The van der Waals surface area contributed by atoms with Crippen molar-refractivity contribution < 1.29 is 22.7 Å². The SMILES string of the molecule is CC(C)NC(=O)COC(=O)CCCNS(=O)(=O)c1ccc2ccccc2c1. The lowest BCUT2D eigenvalue weighted by Crippen LogP contribution is -2.34. The summed E-state index contributed by atoms with van der Waals surface area (Å²) in [5.74, 6) is -0.908. The number of benzene rings is 2. The highest BCUT2D eigenvalue weighted by atomic mass is 32.2. The Morgan fingerprint density at radius 1 is 1.07 bits per heavy atom. The van der Waals surface area contributed by atoms with Crippen LogP contribution in [0.25, 0.3) is 10.8 Å². The first-order valence-corrected chi connectivity index (χ1v) is 10.2. The van der Waals surface area contributed by atoms with E-state index in [-0.39, 0.29) is 42.8 Å². The largest absolute Gasteiger partial charge is 0.456 e. The predicted molar refractivity (Wildman–Crippen MR) is 103 cm³/mol. The van der Waals surface area contributed by atoms with Gasteiger partial charge in [0.1, 0.15) is 0 Å². The van der Waals surface area contributed by atoms with Gasteiger partial charge in [-0.1, -0.05) is 30.3 Å². The second-order valence-electron chi connectivity index (χ2n) is 6.39. The third-order valence-corrected chi connectivity index (χ3v) is 5.15. The molecule has 0 saturated heterocycles. The molecule has 2 N–H and O–H groups in total. The molecule has 1 amide bonds. The highest BCUT2D eigenvalue weighted by Gasteiger charge is 2.14. The van der Waals surface area contributed by atoms with Gasteiger partial charge in [-0.15, -0.1) is 0 Å². The summed E-state index contributed by atoms with van der Waals surface area (Å²) in [5.41, 5.74) is 0. The molecule has 0 heterocycles. The molecule has 2 aromatic carbocycles. The summed E-state index contributed by atoms with van der Waals surface area (Å²) in [6.07, 6.45) is 0.298. The lowest BCUT2D eigenvalue weighted by atomic mass is 10.1. The topological polar surface area (TPSA) is 102 Å². The van der Waals surface area contributed by atoms with E-state index in [1.54, 1.807) is 32.0 Å². The minimum Gasteiger partial charge on any atom is -0.456 e. The Hall–Kier alpha value is -2.45. The number of fused-ring (bicyclic) bond motifs is 1. The molecule has 2 aromatic rings. The van der Waals surface area contributed by atoms with Gasteiger partial charge < -0.3 is 10.1 Å². The second-order valence-corrected chi connectivity index (χ2v) is 8.16. The zero-order chi connectivity index (χ0) is 19.9. The van der Waals surface area contributed by atoms with E-state index in [2.05, 4.69) is 10.0 Å². The number of sulfonamides is 1. The molecule has 0 aliphatic rings. The maximum atomic E-state index is 12.4. The molecule has 0 unspecified atom stereocenters. The minimum absolute atomic E-state index is 0.0230. The first kappa shape index (κ1) is 20.9. The van der Waals surface area contributed by atoms with Crippen molar-refractivity contribution in [3.63, 3.8) is 0 Å². The highest BCUT2D eigenvalue weighted by molar-refractivity contribution is 7.89. The monoisotopic (exact) mass is 392 g/mol. The number of amides is 1. The molecule has 0 spiro atoms. The van der Waals surface area contributed by atoms with Crippen LogP contribution in [0.5, 0.6) is 0 Å². The van der Waals surface area contributed by atoms with Crippen molar-refractivity contribution in [2.75, 3.05) is 13.2 Å². The average Bonchev–Trinajstić information content (AvgIpc) is 2.62. The molecule has 0 saturated carbocycles. The molecule has 0 atom stereocenters. The van der Waals surface area contributed by atoms with Crippen LogP contribution in [0.15, 0.2) is 47.4 Å². The third kappa shape index (κ3) is 6.65. The van der Waals surface area contributed by atoms with Gasteiger partial charge in [0, 0.05) is 19.0 Å². The Bertz CT molecular complexity index is 909. The van der Waals surface area contributed by atoms with E-state index < -0.39 is 16.0 Å². The molecule has 0 aliphatic carbocycles. The first-order valence-electron chi connectivity index (χ1n) is 8.71. The van der Waals surface area contributed by atoms with Gasteiger partial charge in [0.05, 0.1) is 4.90 Å². The molecule has 7 nitrogen and oxygen atoms in total. The molecule has 0 aliphatic heterocycles. The van der Waals surface area contributed by atoms with Gasteiger partial charge in [0.25, 0.3) is 5.91 Å². The Kier molecular flexibility index (Phi) is 7.32. The van der Waals surface area contributed by atoms with Crippen LogP contribution < -0.4 is 10.0 Å². The van der Waals surface area contributed by atoms with Crippen molar-refractivity contribution in [3.8, 4) is 0 Å². The molecule has 146 valence electrons. The van der Waals surface area contributed by atoms with Gasteiger partial charge in [-0.3, -0.25) is 9.59 Å². The normalized spacial score (nSPS) is 11.5. The fourth-order valence-corrected chi connectivity index (χ4v) is 3.55. The summed E-state index contributed by atoms with van der Waals surface area (Å²) < 4.78 is 32.0. The summed E-state index contributed by atoms with van der Waals surface area (Å²) in [5, 5.41) is 4.40. The van der Waals surface area contributed by atoms with Gasteiger partial charge in [-0.05, 0) is 43.2 Å². The molecular formula is C19H24N2O5S. The van der Waals surface area contributed by atoms with Crippen LogP contribution in [-0.4, -0.2) is 39.5 Å². The van der Waals surface area contributed by atoms with Crippen LogP contribution in [0.4, 0.5) is 0 Å². The molecule has 2 rings (SSSR count). The zero-order valence-electron chi connectivity index (χ0n) is 15.4. The van der Waals surface area contributed by atoms with Gasteiger partial charge in [-0.25, -0.2) is 13.1 Å². The van der Waals surface area contributed by atoms with Crippen molar-refractivity contribution in [2.24, 2.45) is 0 Å². The number of nitrogens with one attached hydrogen (secondary N) is 2. The molecule has 0 fully saturated rings. The summed E-state index contributed by atoms with van der Waals surface area (Å²) in [6.45, 7) is 3.38. The zero-order valence-corrected chi connectivity index (χ0v) is 16.2. The number of esters is 1. The van der Waals surface area contributed by atoms with Crippen molar-refractivity contribution in [2.45, 2.75) is 37.6 Å². The maximum Gasteiger partial charge on any atom is 0.306 e. The standard InChI is InChI=1S/C19H24N2O5S/c1-14(2)21-18(22)13-26-19(23)8-5-11-20-27(24,25)17-10-9-15-6-3-4-7-16(15)12-17/h3-4,6-7,9-10,12,14,20H,5,8,11,13H2,1-2H3,(H,21,22). The quantitative estimate of drug-likeness (QED) is 0.502. The summed E-state index contributed by atoms with van der Waals surface area (Å²) in [6, 6.07) is 12.4. The van der Waals surface area contributed by atoms with Crippen LogP contribution in [0.2, 0.25) is 0 Å². The van der Waals surface area contributed by atoms with Gasteiger partial charge in [0.2, 0.25) is 10.0 Å². The summed E-state index contributed by atoms with van der Waals surface area (Å²) >= 11 is 0. The number of hydrogen-bond acceptors (Lipinski definition) is 5. The van der Waals surface area contributed by atoms with Crippen LogP contribution >= 0.6 is 0 Å². The molecule has 0 radical (unpaired) electrons. The number of hydrogen-bond donors (Lipinski definition) is 2. The maximum absolute atomic E-state index is 12.4. The van der Waals surface area contributed by atoms with E-state index >= 15 is 0 Å². The molecule has 27 heavy (non-hydrogen) atoms. The average molecular weight is 392 g/mol. The lowest BCUT2D eigenvalue weighted by molar-refractivity contribution is -0.148. The van der Waals surface area contributed by atoms with Crippen molar-refractivity contribution >= 4 is 32.7 Å². The number of carbonyl (C=O) groups is 2. The number of rotatable bonds is 9. The molecular weight excluding hydrogens is 368 g/mol. The van der Waals surface area contributed by atoms with E-state index in [0.29, 0.717) is 0 Å². The van der Waals surface area contributed by atoms with E-state index in [9.17, 15) is 18.0 Å². The van der Waals surface area contributed by atoms with Crippen molar-refractivity contribution in [1.29, 1.82) is 0 Å². The van der Waals surface area contributed by atoms with E-state index in [4.69, 9.17) is 4.74 Å². The Labute approximate surface area is 159 Å². The number of ether oxygens (including phenoxy) is 1. The van der Waals surface area contributed by atoms with Crippen LogP contribution in [0.3, 0.4) is 0 Å². The van der Waals surface area contributed by atoms with Crippen LogP contribution in [0, 0.1) is 0 Å². The first-order chi connectivity index (χ1) is 12.8. The number of carbonyl (C=O) groups excluding carboxylic acids is 2. The smallest absolute Gasteiger partial charge is 0.306 e. The molecule has 0 aromatic heterocycles. The lowest BCUT2D eigenvalue weighted by Gasteiger charge is -2.09. The van der Waals surface area contributed by atoms with E-state index in [0.717, 1.165) is 10.8 Å². The van der Waals surface area contributed by atoms with Crippen molar-refractivity contribution in [3.05, 3.63) is 42.5 Å². The molecule has 0 bridgehead atoms. The Balaban J connectivity index is 1.78. The summed E-state index contributed by atoms with van der Waals surface area (Å²) in [4.78, 5) is 23.2. The Morgan fingerprint density at radius 2 is 1.78 bits per heavy atom. The fourth-order valence-electron chi connectivity index (χ4n) is 2.44. The predicted octanol–water partition coefficient (Wildman–Crippen LogP) is 1.97. The minimum atomic E-state index is -3.66. The van der Waals surface area contributed by atoms with Crippen LogP contribution in [0.1, 0.15) is 26.7 Å². The second kappa shape index (κ2) is 9.48. The van der Waals surface area contributed by atoms with Gasteiger partial charge >= 0.3 is 5.97 Å². The van der Waals surface area contributed by atoms with Gasteiger partial charge in [0.15, 0.2) is 6.61 Å². The van der Waals surface area contributed by atoms with E-state index in [1.165, 1.54) is 0 Å². The Morgan fingerprint density at radius 3 is 2.48 bits per heavy atom.